The summed E-state index contributed by atoms with van der Waals surface area (Å²) in [5.41, 5.74) is 1.25. The summed E-state index contributed by atoms with van der Waals surface area (Å²) in [4.78, 5) is 8.33. The van der Waals surface area contributed by atoms with Crippen molar-refractivity contribution in [1.29, 1.82) is 5.26 Å². The summed E-state index contributed by atoms with van der Waals surface area (Å²) in [5, 5.41) is 11.9. The van der Waals surface area contributed by atoms with Crippen molar-refractivity contribution in [1.82, 2.24) is 9.97 Å². The molecule has 0 aromatic carbocycles. The van der Waals surface area contributed by atoms with Crippen LogP contribution in [-0.4, -0.2) is 16.5 Å². The van der Waals surface area contributed by atoms with Crippen molar-refractivity contribution < 1.29 is 0 Å². The van der Waals surface area contributed by atoms with E-state index in [2.05, 4.69) is 22.2 Å². The molecule has 1 aromatic heterocycles. The molecule has 4 nitrogen and oxygen atoms in total. The van der Waals surface area contributed by atoms with E-state index in [9.17, 15) is 0 Å². The highest BCUT2D eigenvalue weighted by Gasteiger charge is 2.32. The monoisotopic (exact) mass is 202 g/mol. The van der Waals surface area contributed by atoms with E-state index in [0.717, 1.165) is 24.1 Å². The molecule has 0 aliphatic heterocycles. The number of hydrogen-bond donors (Lipinski definition) is 1. The quantitative estimate of drug-likeness (QED) is 0.810. The van der Waals surface area contributed by atoms with E-state index in [1.165, 1.54) is 6.42 Å². The molecule has 0 bridgehead atoms. The zero-order valence-electron chi connectivity index (χ0n) is 8.99. The zero-order valence-corrected chi connectivity index (χ0v) is 8.99. The van der Waals surface area contributed by atoms with Crippen LogP contribution in [-0.2, 0) is 0 Å². The lowest BCUT2D eigenvalue weighted by Crippen LogP contribution is -2.09. The van der Waals surface area contributed by atoms with Crippen LogP contribution in [0.3, 0.4) is 0 Å². The Morgan fingerprint density at radius 2 is 2.33 bits per heavy atom. The largest absolute Gasteiger partial charge is 0.354 e. The topological polar surface area (TPSA) is 61.6 Å². The molecule has 2 rings (SSSR count). The van der Waals surface area contributed by atoms with Gasteiger partial charge in [0.15, 0.2) is 0 Å². The van der Waals surface area contributed by atoms with E-state index in [-0.39, 0.29) is 0 Å². The van der Waals surface area contributed by atoms with Gasteiger partial charge in [0.05, 0.1) is 0 Å². The van der Waals surface area contributed by atoms with Crippen LogP contribution in [0.4, 0.5) is 5.95 Å². The Morgan fingerprint density at radius 1 is 1.60 bits per heavy atom. The Bertz CT molecular complexity index is 408. The molecule has 15 heavy (non-hydrogen) atoms. The van der Waals surface area contributed by atoms with Crippen LogP contribution in [0.25, 0.3) is 0 Å². The number of nitrogens with zero attached hydrogens (tertiary/aromatic N) is 3. The van der Waals surface area contributed by atoms with E-state index < -0.39 is 0 Å². The van der Waals surface area contributed by atoms with E-state index in [0.29, 0.717) is 11.6 Å². The molecule has 1 fully saturated rings. The average Bonchev–Trinajstić information content (AvgIpc) is 2.91. The minimum Gasteiger partial charge on any atom is -0.354 e. The minimum atomic E-state index is 0.425. The predicted molar refractivity (Wildman–Crippen MR) is 57.2 cm³/mol. The van der Waals surface area contributed by atoms with Crippen LogP contribution < -0.4 is 5.32 Å². The van der Waals surface area contributed by atoms with Gasteiger partial charge >= 0.3 is 0 Å². The second kappa shape index (κ2) is 3.85. The number of nitrogens with one attached hydrogen (secondary N) is 1. The summed E-state index contributed by atoms with van der Waals surface area (Å²) in [6.07, 6.45) is 1.28. The summed E-state index contributed by atoms with van der Waals surface area (Å²) >= 11 is 0. The molecule has 1 aliphatic carbocycles. The van der Waals surface area contributed by atoms with Crippen LogP contribution in [0.5, 0.6) is 0 Å². The number of nitriles is 1. The van der Waals surface area contributed by atoms with Gasteiger partial charge in [-0.15, -0.1) is 0 Å². The molecule has 0 radical (unpaired) electrons. The highest BCUT2D eigenvalue weighted by atomic mass is 15.1. The molecule has 1 aliphatic rings. The molecular weight excluding hydrogens is 188 g/mol. The van der Waals surface area contributed by atoms with E-state index in [4.69, 9.17) is 5.26 Å². The Kier molecular flexibility index (Phi) is 2.55. The fraction of sp³-hybridized carbons (Fsp3) is 0.545. The normalized spacial score (nSPS) is 23.3. The van der Waals surface area contributed by atoms with Crippen molar-refractivity contribution in [2.24, 2.45) is 11.8 Å². The molecule has 4 heteroatoms. The molecule has 1 saturated carbocycles. The maximum atomic E-state index is 8.75. The van der Waals surface area contributed by atoms with Gasteiger partial charge in [0, 0.05) is 12.2 Å². The summed E-state index contributed by atoms with van der Waals surface area (Å²) in [6.45, 7) is 5.02. The molecule has 2 atom stereocenters. The van der Waals surface area contributed by atoms with Gasteiger partial charge in [0.1, 0.15) is 11.8 Å². The first-order chi connectivity index (χ1) is 7.19. The van der Waals surface area contributed by atoms with Crippen molar-refractivity contribution in [3.05, 3.63) is 17.5 Å². The zero-order chi connectivity index (χ0) is 10.8. The highest BCUT2D eigenvalue weighted by molar-refractivity contribution is 5.33. The number of anilines is 1. The number of rotatable bonds is 3. The minimum absolute atomic E-state index is 0.425. The van der Waals surface area contributed by atoms with Gasteiger partial charge in [-0.3, -0.25) is 0 Å². The first kappa shape index (κ1) is 9.91. The summed E-state index contributed by atoms with van der Waals surface area (Å²) in [6, 6.07) is 3.71. The van der Waals surface area contributed by atoms with Crippen molar-refractivity contribution in [3.63, 3.8) is 0 Å². The van der Waals surface area contributed by atoms with Gasteiger partial charge in [-0.25, -0.2) is 9.97 Å². The third kappa shape index (κ3) is 2.44. The van der Waals surface area contributed by atoms with Crippen LogP contribution >= 0.6 is 0 Å². The Hall–Kier alpha value is -1.63. The molecule has 0 spiro atoms. The molecule has 1 heterocycles. The van der Waals surface area contributed by atoms with Gasteiger partial charge < -0.3 is 5.32 Å². The lowest BCUT2D eigenvalue weighted by molar-refractivity contribution is 0.779. The molecule has 1 aromatic rings. The summed E-state index contributed by atoms with van der Waals surface area (Å²) in [7, 11) is 0. The standard InChI is InChI=1S/C11H14N4/c1-7-3-9(7)6-13-11-14-8(2)4-10(5-12)15-11/h4,7,9H,3,6H2,1-2H3,(H,13,14,15). The fourth-order valence-corrected chi connectivity index (χ4v) is 1.61. The molecule has 78 valence electrons. The maximum Gasteiger partial charge on any atom is 0.224 e. The van der Waals surface area contributed by atoms with Gasteiger partial charge in [-0.1, -0.05) is 6.92 Å². The average molecular weight is 202 g/mol. The molecule has 1 N–H and O–H groups in total. The van der Waals surface area contributed by atoms with E-state index in [1.54, 1.807) is 6.07 Å². The summed E-state index contributed by atoms with van der Waals surface area (Å²) in [5.74, 6) is 2.14. The second-order valence-electron chi connectivity index (χ2n) is 4.18. The van der Waals surface area contributed by atoms with Crippen molar-refractivity contribution >= 4 is 5.95 Å². The fourth-order valence-electron chi connectivity index (χ4n) is 1.61. The number of aryl methyl sites for hydroxylation is 1. The van der Waals surface area contributed by atoms with Gasteiger partial charge in [0.2, 0.25) is 5.95 Å². The van der Waals surface area contributed by atoms with Crippen LogP contribution in [0.2, 0.25) is 0 Å². The predicted octanol–water partition coefficient (Wildman–Crippen LogP) is 1.72. The Morgan fingerprint density at radius 3 is 2.93 bits per heavy atom. The SMILES string of the molecule is Cc1cc(C#N)nc(NCC2CC2C)n1. The summed E-state index contributed by atoms with van der Waals surface area (Å²) < 4.78 is 0. The molecule has 2 unspecified atom stereocenters. The number of hydrogen-bond acceptors (Lipinski definition) is 4. The van der Waals surface area contributed by atoms with Crippen LogP contribution in [0.15, 0.2) is 6.07 Å². The molecular formula is C11H14N4. The van der Waals surface area contributed by atoms with Crippen molar-refractivity contribution in [2.45, 2.75) is 20.3 Å². The van der Waals surface area contributed by atoms with Crippen molar-refractivity contribution in [2.75, 3.05) is 11.9 Å². The lowest BCUT2D eigenvalue weighted by Gasteiger charge is -2.04. The van der Waals surface area contributed by atoms with Crippen molar-refractivity contribution in [3.8, 4) is 6.07 Å². The number of aromatic nitrogens is 2. The van der Waals surface area contributed by atoms with E-state index >= 15 is 0 Å². The molecule has 0 amide bonds. The van der Waals surface area contributed by atoms with Crippen LogP contribution in [0.1, 0.15) is 24.7 Å². The lowest BCUT2D eigenvalue weighted by atomic mass is 10.3. The Labute approximate surface area is 89.4 Å². The second-order valence-corrected chi connectivity index (χ2v) is 4.18. The van der Waals surface area contributed by atoms with Crippen LogP contribution in [0, 0.1) is 30.1 Å². The highest BCUT2D eigenvalue weighted by Crippen LogP contribution is 2.37. The first-order valence-electron chi connectivity index (χ1n) is 5.18. The van der Waals surface area contributed by atoms with Gasteiger partial charge in [-0.05, 0) is 31.2 Å². The van der Waals surface area contributed by atoms with Gasteiger partial charge in [0.25, 0.3) is 0 Å². The van der Waals surface area contributed by atoms with E-state index in [1.807, 2.05) is 13.0 Å². The Balaban J connectivity index is 2.01. The third-order valence-corrected chi connectivity index (χ3v) is 2.77. The third-order valence-electron chi connectivity index (χ3n) is 2.77. The smallest absolute Gasteiger partial charge is 0.224 e. The maximum absolute atomic E-state index is 8.75. The molecule has 0 saturated heterocycles. The first-order valence-corrected chi connectivity index (χ1v) is 5.18. The van der Waals surface area contributed by atoms with Gasteiger partial charge in [-0.2, -0.15) is 5.26 Å².